The van der Waals surface area contributed by atoms with Crippen LogP contribution in [0, 0.1) is 0 Å². The minimum Gasteiger partial charge on any atom is -0.350 e. The van der Waals surface area contributed by atoms with Gasteiger partial charge >= 0.3 is 0 Å². The van der Waals surface area contributed by atoms with Crippen molar-refractivity contribution in [1.29, 1.82) is 0 Å². The van der Waals surface area contributed by atoms with Crippen molar-refractivity contribution >= 4 is 36.0 Å². The van der Waals surface area contributed by atoms with Gasteiger partial charge in [0.1, 0.15) is 0 Å². The van der Waals surface area contributed by atoms with E-state index in [0.29, 0.717) is 13.0 Å². The van der Waals surface area contributed by atoms with Crippen molar-refractivity contribution in [1.82, 2.24) is 15.5 Å². The molecule has 0 aromatic rings. The Balaban J connectivity index is 0.00000144. The maximum absolute atomic E-state index is 11.8. The highest BCUT2D eigenvalue weighted by Gasteiger charge is 2.28. The molecule has 0 spiro atoms. The molecule has 2 unspecified atom stereocenters. The van der Waals surface area contributed by atoms with Crippen LogP contribution in [0.2, 0.25) is 0 Å². The maximum atomic E-state index is 11.8. The van der Waals surface area contributed by atoms with Gasteiger partial charge in [-0.2, -0.15) is 0 Å². The lowest BCUT2D eigenvalue weighted by Gasteiger charge is -2.30. The number of carbonyl (C=O) groups excluding carboxylic acids is 2. The molecule has 2 rings (SSSR count). The summed E-state index contributed by atoms with van der Waals surface area (Å²) in [6.07, 6.45) is 1.29. The number of carbonyl (C=O) groups is 2. The normalized spacial score (nSPS) is 28.8. The van der Waals surface area contributed by atoms with E-state index < -0.39 is 0 Å². The van der Waals surface area contributed by atoms with E-state index in [1.807, 2.05) is 0 Å². The minimum absolute atomic E-state index is 0. The van der Waals surface area contributed by atoms with Gasteiger partial charge in [0.2, 0.25) is 11.8 Å². The second-order valence-electron chi connectivity index (χ2n) is 4.29. The van der Waals surface area contributed by atoms with Crippen LogP contribution in [0.3, 0.4) is 0 Å². The number of hydrogen-bond acceptors (Lipinski definition) is 4. The molecule has 0 aromatic carbocycles. The van der Waals surface area contributed by atoms with E-state index in [9.17, 15) is 9.59 Å². The van der Waals surface area contributed by atoms with E-state index in [1.165, 1.54) is 0 Å². The summed E-state index contributed by atoms with van der Waals surface area (Å²) in [7, 11) is 1.78. The zero-order valence-electron chi connectivity index (χ0n) is 9.77. The van der Waals surface area contributed by atoms with Gasteiger partial charge in [-0.15, -0.1) is 24.2 Å². The highest BCUT2D eigenvalue weighted by Crippen LogP contribution is 2.12. The monoisotopic (exact) mass is 279 g/mol. The van der Waals surface area contributed by atoms with Gasteiger partial charge < -0.3 is 10.2 Å². The fourth-order valence-electron chi connectivity index (χ4n) is 2.00. The van der Waals surface area contributed by atoms with Crippen molar-refractivity contribution in [2.75, 3.05) is 25.2 Å². The lowest BCUT2D eigenvalue weighted by Crippen LogP contribution is -2.52. The van der Waals surface area contributed by atoms with Crippen LogP contribution in [0.25, 0.3) is 0 Å². The highest BCUT2D eigenvalue weighted by atomic mass is 35.5. The van der Waals surface area contributed by atoms with E-state index in [-0.39, 0.29) is 36.3 Å². The van der Waals surface area contributed by atoms with E-state index in [0.717, 1.165) is 18.1 Å². The van der Waals surface area contributed by atoms with Crippen molar-refractivity contribution in [3.05, 3.63) is 0 Å². The Bertz CT molecular complexity index is 297. The number of piperidine rings is 1. The van der Waals surface area contributed by atoms with Gasteiger partial charge in [0.15, 0.2) is 0 Å². The summed E-state index contributed by atoms with van der Waals surface area (Å²) in [5.41, 5.74) is 0. The molecule has 0 aromatic heterocycles. The van der Waals surface area contributed by atoms with Gasteiger partial charge in [0.25, 0.3) is 0 Å². The molecule has 2 fully saturated rings. The Kier molecular flexibility index (Phi) is 5.55. The average Bonchev–Trinajstić information content (AvgIpc) is 2.77. The number of likely N-dealkylation sites (tertiary alicyclic amines) is 1. The molecule has 2 saturated heterocycles. The Morgan fingerprint density at radius 3 is 2.94 bits per heavy atom. The Hall–Kier alpha value is -0.460. The van der Waals surface area contributed by atoms with Gasteiger partial charge in [-0.05, 0) is 6.42 Å². The molecule has 0 saturated carbocycles. The lowest BCUT2D eigenvalue weighted by molar-refractivity contribution is -0.134. The molecule has 2 amide bonds. The summed E-state index contributed by atoms with van der Waals surface area (Å²) in [4.78, 5) is 24.8. The standard InChI is InChI=1S/C10H17N3O2S.ClH/c1-13-4-7(2-3-9(13)14)12-10(15)8-5-16-6-11-8;/h7-8,11H,2-6H2,1H3,(H,12,15);1H. The number of nitrogens with zero attached hydrogens (tertiary/aromatic N) is 1. The largest absolute Gasteiger partial charge is 0.350 e. The van der Waals surface area contributed by atoms with Crippen molar-refractivity contribution in [2.45, 2.75) is 24.9 Å². The van der Waals surface area contributed by atoms with Gasteiger partial charge in [-0.1, -0.05) is 0 Å². The Morgan fingerprint density at radius 1 is 1.59 bits per heavy atom. The quantitative estimate of drug-likeness (QED) is 0.735. The van der Waals surface area contributed by atoms with Gasteiger partial charge in [-0.3, -0.25) is 14.9 Å². The fraction of sp³-hybridized carbons (Fsp3) is 0.800. The van der Waals surface area contributed by atoms with Gasteiger partial charge in [0.05, 0.1) is 6.04 Å². The molecule has 5 nitrogen and oxygen atoms in total. The van der Waals surface area contributed by atoms with Crippen molar-refractivity contribution in [2.24, 2.45) is 0 Å². The van der Waals surface area contributed by atoms with Crippen LogP contribution in [0.4, 0.5) is 0 Å². The summed E-state index contributed by atoms with van der Waals surface area (Å²) in [6, 6.07) is 0.0514. The third-order valence-electron chi connectivity index (χ3n) is 3.01. The molecule has 17 heavy (non-hydrogen) atoms. The first kappa shape index (κ1) is 14.6. The first-order valence-electron chi connectivity index (χ1n) is 5.52. The van der Waals surface area contributed by atoms with Crippen LogP contribution in [0.15, 0.2) is 0 Å². The highest BCUT2D eigenvalue weighted by molar-refractivity contribution is 7.99. The van der Waals surface area contributed by atoms with Crippen LogP contribution in [-0.2, 0) is 9.59 Å². The topological polar surface area (TPSA) is 61.4 Å². The van der Waals surface area contributed by atoms with Crippen molar-refractivity contribution < 1.29 is 9.59 Å². The van der Waals surface area contributed by atoms with Crippen LogP contribution in [-0.4, -0.2) is 54.0 Å². The Labute approximate surface area is 111 Å². The molecule has 98 valence electrons. The van der Waals surface area contributed by atoms with E-state index in [4.69, 9.17) is 0 Å². The molecule has 0 aliphatic carbocycles. The average molecular weight is 280 g/mol. The zero-order chi connectivity index (χ0) is 11.5. The third kappa shape index (κ3) is 3.76. The third-order valence-corrected chi connectivity index (χ3v) is 3.95. The predicted molar refractivity (Wildman–Crippen MR) is 70.3 cm³/mol. The molecule has 0 radical (unpaired) electrons. The SMILES string of the molecule is CN1CC(NC(=O)C2CSCN2)CCC1=O.Cl. The number of halogens is 1. The van der Waals surface area contributed by atoms with Gasteiger partial charge in [-0.25, -0.2) is 0 Å². The van der Waals surface area contributed by atoms with E-state index >= 15 is 0 Å². The molecule has 2 aliphatic heterocycles. The number of rotatable bonds is 2. The summed E-state index contributed by atoms with van der Waals surface area (Å²) >= 11 is 1.74. The molecule has 2 atom stereocenters. The first-order valence-corrected chi connectivity index (χ1v) is 6.68. The number of thioether (sulfide) groups is 1. The predicted octanol–water partition coefficient (Wildman–Crippen LogP) is -0.192. The van der Waals surface area contributed by atoms with E-state index in [2.05, 4.69) is 10.6 Å². The molecule has 0 bridgehead atoms. The summed E-state index contributed by atoms with van der Waals surface area (Å²) in [6.45, 7) is 0.629. The number of nitrogens with one attached hydrogen (secondary N) is 2. The molecule has 2 aliphatic rings. The summed E-state index contributed by atoms with van der Waals surface area (Å²) < 4.78 is 0. The van der Waals surface area contributed by atoms with Crippen LogP contribution in [0.5, 0.6) is 0 Å². The maximum Gasteiger partial charge on any atom is 0.238 e. The second-order valence-corrected chi connectivity index (χ2v) is 5.32. The molecule has 2 heterocycles. The molecule has 7 heteroatoms. The van der Waals surface area contributed by atoms with E-state index in [1.54, 1.807) is 23.7 Å². The molecular formula is C10H18ClN3O2S. The van der Waals surface area contributed by atoms with Crippen molar-refractivity contribution in [3.8, 4) is 0 Å². The Morgan fingerprint density at radius 2 is 2.35 bits per heavy atom. The molecule has 2 N–H and O–H groups in total. The second kappa shape index (κ2) is 6.47. The number of amides is 2. The smallest absolute Gasteiger partial charge is 0.238 e. The molecular weight excluding hydrogens is 262 g/mol. The number of hydrogen-bond donors (Lipinski definition) is 2. The van der Waals surface area contributed by atoms with Crippen LogP contribution < -0.4 is 10.6 Å². The van der Waals surface area contributed by atoms with Crippen LogP contribution >= 0.6 is 24.2 Å². The van der Waals surface area contributed by atoms with Crippen LogP contribution in [0.1, 0.15) is 12.8 Å². The fourth-order valence-corrected chi connectivity index (χ4v) is 2.94. The number of likely N-dealkylation sites (N-methyl/N-ethyl adjacent to an activating group) is 1. The minimum atomic E-state index is -0.0621. The summed E-state index contributed by atoms with van der Waals surface area (Å²) in [5, 5.41) is 6.14. The lowest BCUT2D eigenvalue weighted by atomic mass is 10.1. The summed E-state index contributed by atoms with van der Waals surface area (Å²) in [5.74, 6) is 1.92. The van der Waals surface area contributed by atoms with Gasteiger partial charge in [0, 0.05) is 37.7 Å². The van der Waals surface area contributed by atoms with Crippen molar-refractivity contribution in [3.63, 3.8) is 0 Å². The first-order chi connectivity index (χ1) is 7.66. The zero-order valence-corrected chi connectivity index (χ0v) is 11.4.